The lowest BCUT2D eigenvalue weighted by molar-refractivity contribution is 0.110. The Labute approximate surface area is 177 Å². The van der Waals surface area contributed by atoms with Crippen LogP contribution in [0.5, 0.6) is 0 Å². The molecule has 2 aromatic rings. The van der Waals surface area contributed by atoms with Crippen molar-refractivity contribution in [2.75, 3.05) is 33.3 Å². The average molecular weight is 419 g/mol. The number of halogens is 1. The zero-order chi connectivity index (χ0) is 20.5. The van der Waals surface area contributed by atoms with Gasteiger partial charge in [0.05, 0.1) is 6.54 Å². The highest BCUT2D eigenvalue weighted by Gasteiger charge is 2.20. The molecule has 1 atom stereocenters. The fraction of sp³-hybridized carbons (Fsp3) is 0.500. The molecule has 0 radical (unpaired) electrons. The maximum atomic E-state index is 13.2. The molecule has 3 rings (SSSR count). The van der Waals surface area contributed by atoms with Gasteiger partial charge in [-0.2, -0.15) is 11.3 Å². The maximum absolute atomic E-state index is 13.2. The van der Waals surface area contributed by atoms with E-state index in [2.05, 4.69) is 39.3 Å². The Hall–Kier alpha value is -1.96. The Kier molecular flexibility index (Phi) is 8.46. The largest absolute Gasteiger partial charge is 0.375 e. The number of nitrogens with one attached hydrogen (secondary N) is 2. The predicted molar refractivity (Wildman–Crippen MR) is 118 cm³/mol. The highest BCUT2D eigenvalue weighted by Crippen LogP contribution is 2.18. The van der Waals surface area contributed by atoms with Crippen molar-refractivity contribution < 1.29 is 9.13 Å². The number of piperidine rings is 1. The molecule has 158 valence electrons. The minimum Gasteiger partial charge on any atom is -0.375 e. The molecule has 1 aromatic carbocycles. The van der Waals surface area contributed by atoms with Crippen LogP contribution >= 0.6 is 11.3 Å². The molecule has 0 amide bonds. The molecule has 1 unspecified atom stereocenters. The van der Waals surface area contributed by atoms with Gasteiger partial charge in [0.1, 0.15) is 11.9 Å². The molecule has 1 aliphatic rings. The normalized spacial score (nSPS) is 17.3. The van der Waals surface area contributed by atoms with Crippen LogP contribution in [0.1, 0.15) is 37.0 Å². The summed E-state index contributed by atoms with van der Waals surface area (Å²) in [6.07, 6.45) is 2.00. The molecule has 0 bridgehead atoms. The molecule has 2 heterocycles. The van der Waals surface area contributed by atoms with E-state index in [4.69, 9.17) is 9.73 Å². The number of rotatable bonds is 8. The molecule has 0 saturated carbocycles. The summed E-state index contributed by atoms with van der Waals surface area (Å²) >= 11 is 1.76. The number of hydrogen-bond donors (Lipinski definition) is 2. The standard InChI is InChI=1S/C22H31FN4OS/c1-3-24-22(25-14-21(28-2)18-4-6-19(23)7-5-18)26-20-8-11-27(12-9-20)15-17-10-13-29-16-17/h4-7,10,13,16,20-21H,3,8-9,11-12,14-15H2,1-2H3,(H2,24,25,26). The van der Waals surface area contributed by atoms with E-state index in [1.807, 2.05) is 0 Å². The van der Waals surface area contributed by atoms with Gasteiger partial charge in [0.15, 0.2) is 5.96 Å². The summed E-state index contributed by atoms with van der Waals surface area (Å²) < 4.78 is 18.7. The number of nitrogens with zero attached hydrogens (tertiary/aromatic N) is 2. The molecule has 1 aromatic heterocycles. The van der Waals surface area contributed by atoms with E-state index in [0.717, 1.165) is 50.5 Å². The summed E-state index contributed by atoms with van der Waals surface area (Å²) in [6, 6.07) is 9.04. The van der Waals surface area contributed by atoms with Gasteiger partial charge in [-0.05, 0) is 59.9 Å². The first kappa shape index (κ1) is 21.7. The third-order valence-electron chi connectivity index (χ3n) is 5.20. The van der Waals surface area contributed by atoms with Crippen molar-refractivity contribution in [3.8, 4) is 0 Å². The van der Waals surface area contributed by atoms with Gasteiger partial charge in [-0.15, -0.1) is 0 Å². The van der Waals surface area contributed by atoms with Gasteiger partial charge < -0.3 is 15.4 Å². The average Bonchev–Trinajstić information content (AvgIpc) is 3.24. The summed E-state index contributed by atoms with van der Waals surface area (Å²) in [5.41, 5.74) is 2.33. The molecule has 0 spiro atoms. The highest BCUT2D eigenvalue weighted by atomic mass is 32.1. The highest BCUT2D eigenvalue weighted by molar-refractivity contribution is 7.07. The lowest BCUT2D eigenvalue weighted by Gasteiger charge is -2.33. The van der Waals surface area contributed by atoms with E-state index in [9.17, 15) is 4.39 Å². The van der Waals surface area contributed by atoms with E-state index >= 15 is 0 Å². The summed E-state index contributed by atoms with van der Waals surface area (Å²) in [7, 11) is 1.66. The molecule has 29 heavy (non-hydrogen) atoms. The topological polar surface area (TPSA) is 48.9 Å². The van der Waals surface area contributed by atoms with Crippen LogP contribution in [0.4, 0.5) is 4.39 Å². The first-order chi connectivity index (χ1) is 14.2. The third-order valence-corrected chi connectivity index (χ3v) is 5.93. The van der Waals surface area contributed by atoms with Crippen molar-refractivity contribution >= 4 is 17.3 Å². The molecule has 7 heteroatoms. The summed E-state index contributed by atoms with van der Waals surface area (Å²) in [6.45, 7) is 6.56. The quantitative estimate of drug-likeness (QED) is 0.506. The summed E-state index contributed by atoms with van der Waals surface area (Å²) in [5, 5.41) is 11.3. The van der Waals surface area contributed by atoms with E-state index in [-0.39, 0.29) is 11.9 Å². The van der Waals surface area contributed by atoms with Gasteiger partial charge in [-0.3, -0.25) is 9.89 Å². The number of guanidine groups is 1. The van der Waals surface area contributed by atoms with Crippen LogP contribution in [-0.2, 0) is 11.3 Å². The Morgan fingerprint density at radius 1 is 1.28 bits per heavy atom. The molecule has 2 N–H and O–H groups in total. The second-order valence-electron chi connectivity index (χ2n) is 7.32. The van der Waals surface area contributed by atoms with Crippen LogP contribution in [0.3, 0.4) is 0 Å². The van der Waals surface area contributed by atoms with Gasteiger partial charge in [-0.1, -0.05) is 12.1 Å². The van der Waals surface area contributed by atoms with E-state index in [1.54, 1.807) is 30.6 Å². The second kappa shape index (κ2) is 11.3. The van der Waals surface area contributed by atoms with Crippen LogP contribution in [0.2, 0.25) is 0 Å². The van der Waals surface area contributed by atoms with Crippen molar-refractivity contribution in [2.45, 2.75) is 38.5 Å². The predicted octanol–water partition coefficient (Wildman–Crippen LogP) is 3.79. The minimum atomic E-state index is -0.243. The zero-order valence-corrected chi connectivity index (χ0v) is 18.1. The maximum Gasteiger partial charge on any atom is 0.191 e. The first-order valence-corrected chi connectivity index (χ1v) is 11.2. The number of methoxy groups -OCH3 is 1. The van der Waals surface area contributed by atoms with Crippen molar-refractivity contribution in [3.63, 3.8) is 0 Å². The van der Waals surface area contributed by atoms with E-state index in [0.29, 0.717) is 12.6 Å². The Balaban J connectivity index is 1.51. The van der Waals surface area contributed by atoms with Gasteiger partial charge in [0.2, 0.25) is 0 Å². The molecule has 1 fully saturated rings. The number of likely N-dealkylation sites (tertiary alicyclic amines) is 1. The van der Waals surface area contributed by atoms with Crippen LogP contribution in [0, 0.1) is 5.82 Å². The van der Waals surface area contributed by atoms with Gasteiger partial charge in [-0.25, -0.2) is 4.39 Å². The second-order valence-corrected chi connectivity index (χ2v) is 8.10. The van der Waals surface area contributed by atoms with Gasteiger partial charge >= 0.3 is 0 Å². The Morgan fingerprint density at radius 3 is 2.66 bits per heavy atom. The summed E-state index contributed by atoms with van der Waals surface area (Å²) in [5.74, 6) is 0.570. The summed E-state index contributed by atoms with van der Waals surface area (Å²) in [4.78, 5) is 7.23. The van der Waals surface area contributed by atoms with Crippen LogP contribution in [0.15, 0.2) is 46.1 Å². The molecular formula is C22H31FN4OS. The minimum absolute atomic E-state index is 0.196. The number of thiophene rings is 1. The molecule has 0 aliphatic carbocycles. The van der Waals surface area contributed by atoms with Gasteiger partial charge in [0.25, 0.3) is 0 Å². The zero-order valence-electron chi connectivity index (χ0n) is 17.2. The van der Waals surface area contributed by atoms with Gasteiger partial charge in [0, 0.05) is 39.3 Å². The van der Waals surface area contributed by atoms with Crippen molar-refractivity contribution in [3.05, 3.63) is 58.0 Å². The first-order valence-electron chi connectivity index (χ1n) is 10.2. The molecule has 1 saturated heterocycles. The number of ether oxygens (including phenoxy) is 1. The van der Waals surface area contributed by atoms with Crippen molar-refractivity contribution in [2.24, 2.45) is 4.99 Å². The van der Waals surface area contributed by atoms with E-state index in [1.165, 1.54) is 17.7 Å². The monoisotopic (exact) mass is 418 g/mol. The lowest BCUT2D eigenvalue weighted by Crippen LogP contribution is -2.48. The van der Waals surface area contributed by atoms with Crippen molar-refractivity contribution in [1.82, 2.24) is 15.5 Å². The lowest BCUT2D eigenvalue weighted by atomic mass is 10.0. The van der Waals surface area contributed by atoms with Crippen LogP contribution < -0.4 is 10.6 Å². The number of benzene rings is 1. The molecule has 1 aliphatic heterocycles. The number of aliphatic imine (C=N–C) groups is 1. The number of hydrogen-bond acceptors (Lipinski definition) is 4. The SMILES string of the molecule is CCNC(=NCC(OC)c1ccc(F)cc1)NC1CCN(Cc2ccsc2)CC1. The molecular weight excluding hydrogens is 387 g/mol. The van der Waals surface area contributed by atoms with Crippen molar-refractivity contribution in [1.29, 1.82) is 0 Å². The molecule has 5 nitrogen and oxygen atoms in total. The fourth-order valence-corrected chi connectivity index (χ4v) is 4.22. The third kappa shape index (κ3) is 6.80. The van der Waals surface area contributed by atoms with E-state index < -0.39 is 0 Å². The van der Waals surface area contributed by atoms with Crippen LogP contribution in [0.25, 0.3) is 0 Å². The Morgan fingerprint density at radius 2 is 2.03 bits per heavy atom. The smallest absolute Gasteiger partial charge is 0.191 e. The van der Waals surface area contributed by atoms with Crippen LogP contribution in [-0.4, -0.2) is 50.2 Å². The fourth-order valence-electron chi connectivity index (χ4n) is 3.56. The Bertz CT molecular complexity index is 743.